The SMILES string of the molecule is C.c1ccc2c(c1)-c1ccccc1C21CCC1. The maximum atomic E-state index is 2.33. The standard InChI is InChI=1S/C16H14.CH4/c1-3-8-14-12(6-1)13-7-2-4-9-15(13)16(14)10-5-11-16;/h1-4,6-9H,5,10-11H2;1H4. The first-order valence-corrected chi connectivity index (χ1v) is 6.11. The molecule has 2 aliphatic rings. The van der Waals surface area contributed by atoms with Crippen molar-refractivity contribution >= 4 is 0 Å². The average molecular weight is 222 g/mol. The van der Waals surface area contributed by atoms with Crippen LogP contribution in [0, 0.1) is 0 Å². The van der Waals surface area contributed by atoms with Crippen LogP contribution in [0.1, 0.15) is 37.8 Å². The largest absolute Gasteiger partial charge is 0.0776 e. The van der Waals surface area contributed by atoms with E-state index in [4.69, 9.17) is 0 Å². The summed E-state index contributed by atoms with van der Waals surface area (Å²) in [7, 11) is 0. The quantitative estimate of drug-likeness (QED) is 0.602. The molecule has 17 heavy (non-hydrogen) atoms. The molecule has 0 aliphatic heterocycles. The lowest BCUT2D eigenvalue weighted by molar-refractivity contribution is 0.309. The Morgan fingerprint density at radius 3 is 1.59 bits per heavy atom. The molecule has 0 N–H and O–H groups in total. The van der Waals surface area contributed by atoms with Crippen LogP contribution in [0.3, 0.4) is 0 Å². The van der Waals surface area contributed by atoms with Crippen LogP contribution in [-0.2, 0) is 5.41 Å². The summed E-state index contributed by atoms with van der Waals surface area (Å²) in [6, 6.07) is 17.9. The fraction of sp³-hybridized carbons (Fsp3) is 0.294. The van der Waals surface area contributed by atoms with Crippen molar-refractivity contribution in [3.8, 4) is 11.1 Å². The minimum absolute atomic E-state index is 0. The molecular formula is C17H18. The van der Waals surface area contributed by atoms with Crippen LogP contribution in [-0.4, -0.2) is 0 Å². The van der Waals surface area contributed by atoms with Gasteiger partial charge in [0.1, 0.15) is 0 Å². The zero-order valence-corrected chi connectivity index (χ0v) is 9.24. The maximum absolute atomic E-state index is 2.33. The maximum Gasteiger partial charge on any atom is 0.0215 e. The van der Waals surface area contributed by atoms with Crippen LogP contribution in [0.15, 0.2) is 48.5 Å². The van der Waals surface area contributed by atoms with E-state index in [2.05, 4.69) is 48.5 Å². The molecule has 0 atom stereocenters. The predicted molar refractivity (Wildman–Crippen MR) is 73.2 cm³/mol. The molecule has 0 radical (unpaired) electrons. The fourth-order valence-electron chi connectivity index (χ4n) is 3.48. The molecular weight excluding hydrogens is 204 g/mol. The Morgan fingerprint density at radius 2 is 1.18 bits per heavy atom. The molecule has 2 aromatic carbocycles. The molecule has 1 fully saturated rings. The first kappa shape index (κ1) is 10.6. The van der Waals surface area contributed by atoms with Gasteiger partial charge in [-0.15, -0.1) is 0 Å². The molecule has 0 heteroatoms. The van der Waals surface area contributed by atoms with Crippen LogP contribution in [0.4, 0.5) is 0 Å². The van der Waals surface area contributed by atoms with Gasteiger partial charge >= 0.3 is 0 Å². The Balaban J connectivity index is 0.000000902. The summed E-state index contributed by atoms with van der Waals surface area (Å²) in [6.07, 6.45) is 4.05. The van der Waals surface area contributed by atoms with Crippen LogP contribution < -0.4 is 0 Å². The molecule has 1 saturated carbocycles. The molecule has 86 valence electrons. The average Bonchev–Trinajstić information content (AvgIpc) is 2.59. The van der Waals surface area contributed by atoms with Crippen molar-refractivity contribution in [2.75, 3.05) is 0 Å². The van der Waals surface area contributed by atoms with Gasteiger partial charge in [0, 0.05) is 5.41 Å². The van der Waals surface area contributed by atoms with E-state index in [-0.39, 0.29) is 7.43 Å². The third kappa shape index (κ3) is 1.13. The zero-order chi connectivity index (χ0) is 10.6. The van der Waals surface area contributed by atoms with Crippen molar-refractivity contribution in [3.63, 3.8) is 0 Å². The smallest absolute Gasteiger partial charge is 0.0215 e. The molecule has 0 heterocycles. The van der Waals surface area contributed by atoms with Crippen molar-refractivity contribution in [2.24, 2.45) is 0 Å². The topological polar surface area (TPSA) is 0 Å². The zero-order valence-electron chi connectivity index (χ0n) is 9.24. The summed E-state index contributed by atoms with van der Waals surface area (Å²) in [4.78, 5) is 0. The third-order valence-electron chi connectivity index (χ3n) is 4.38. The molecule has 2 aliphatic carbocycles. The molecule has 0 saturated heterocycles. The summed E-state index contributed by atoms with van der Waals surface area (Å²) in [5.74, 6) is 0. The monoisotopic (exact) mass is 222 g/mol. The van der Waals surface area contributed by atoms with E-state index in [0.717, 1.165) is 0 Å². The van der Waals surface area contributed by atoms with E-state index >= 15 is 0 Å². The van der Waals surface area contributed by atoms with Gasteiger partial charge in [-0.2, -0.15) is 0 Å². The normalized spacial score (nSPS) is 17.9. The molecule has 0 amide bonds. The number of rotatable bonds is 0. The molecule has 0 aromatic heterocycles. The van der Waals surface area contributed by atoms with Crippen LogP contribution in [0.5, 0.6) is 0 Å². The van der Waals surface area contributed by atoms with E-state index in [1.54, 1.807) is 11.1 Å². The van der Waals surface area contributed by atoms with E-state index < -0.39 is 0 Å². The van der Waals surface area contributed by atoms with E-state index in [0.29, 0.717) is 5.41 Å². The van der Waals surface area contributed by atoms with Gasteiger partial charge in [-0.25, -0.2) is 0 Å². The van der Waals surface area contributed by atoms with Crippen molar-refractivity contribution < 1.29 is 0 Å². The Bertz CT molecular complexity index is 514. The van der Waals surface area contributed by atoms with Crippen molar-refractivity contribution in [2.45, 2.75) is 32.1 Å². The summed E-state index contributed by atoms with van der Waals surface area (Å²) >= 11 is 0. The summed E-state index contributed by atoms with van der Waals surface area (Å²) in [5.41, 5.74) is 6.47. The minimum atomic E-state index is 0. The number of benzene rings is 2. The number of hydrogen-bond donors (Lipinski definition) is 0. The van der Waals surface area contributed by atoms with Crippen LogP contribution >= 0.6 is 0 Å². The van der Waals surface area contributed by atoms with Crippen molar-refractivity contribution in [1.82, 2.24) is 0 Å². The highest BCUT2D eigenvalue weighted by molar-refractivity contribution is 5.81. The van der Waals surface area contributed by atoms with Crippen molar-refractivity contribution in [3.05, 3.63) is 59.7 Å². The van der Waals surface area contributed by atoms with Crippen LogP contribution in [0.2, 0.25) is 0 Å². The lowest BCUT2D eigenvalue weighted by Gasteiger charge is -2.40. The molecule has 2 aromatic rings. The van der Waals surface area contributed by atoms with Gasteiger partial charge in [0.25, 0.3) is 0 Å². The van der Waals surface area contributed by atoms with Crippen molar-refractivity contribution in [1.29, 1.82) is 0 Å². The van der Waals surface area contributed by atoms with Crippen LogP contribution in [0.25, 0.3) is 11.1 Å². The van der Waals surface area contributed by atoms with Gasteiger partial charge in [-0.1, -0.05) is 62.4 Å². The Hall–Kier alpha value is -1.56. The highest BCUT2D eigenvalue weighted by Gasteiger charge is 2.46. The lowest BCUT2D eigenvalue weighted by Crippen LogP contribution is -2.33. The Morgan fingerprint density at radius 1 is 0.706 bits per heavy atom. The third-order valence-corrected chi connectivity index (χ3v) is 4.38. The second-order valence-corrected chi connectivity index (χ2v) is 5.03. The van der Waals surface area contributed by atoms with E-state index in [9.17, 15) is 0 Å². The summed E-state index contributed by atoms with van der Waals surface area (Å²) < 4.78 is 0. The van der Waals surface area contributed by atoms with Gasteiger partial charge in [0.15, 0.2) is 0 Å². The first-order chi connectivity index (χ1) is 7.92. The minimum Gasteiger partial charge on any atom is -0.0776 e. The molecule has 4 rings (SSSR count). The molecule has 0 nitrogen and oxygen atoms in total. The molecule has 0 unspecified atom stereocenters. The Labute approximate surface area is 103 Å². The van der Waals surface area contributed by atoms with Gasteiger partial charge in [-0.3, -0.25) is 0 Å². The highest BCUT2D eigenvalue weighted by Crippen LogP contribution is 2.58. The lowest BCUT2D eigenvalue weighted by atomic mass is 9.63. The fourth-order valence-corrected chi connectivity index (χ4v) is 3.48. The summed E-state index contributed by atoms with van der Waals surface area (Å²) in [6.45, 7) is 0. The van der Waals surface area contributed by atoms with Gasteiger partial charge in [0.2, 0.25) is 0 Å². The second kappa shape index (κ2) is 3.46. The molecule has 0 bridgehead atoms. The summed E-state index contributed by atoms with van der Waals surface area (Å²) in [5, 5.41) is 0. The predicted octanol–water partition coefficient (Wildman–Crippen LogP) is 4.77. The number of hydrogen-bond acceptors (Lipinski definition) is 0. The highest BCUT2D eigenvalue weighted by atomic mass is 14.5. The van der Waals surface area contributed by atoms with Gasteiger partial charge < -0.3 is 0 Å². The Kier molecular flexibility index (Phi) is 2.16. The van der Waals surface area contributed by atoms with E-state index in [1.165, 1.54) is 30.4 Å². The van der Waals surface area contributed by atoms with E-state index in [1.807, 2.05) is 0 Å². The first-order valence-electron chi connectivity index (χ1n) is 6.11. The second-order valence-electron chi connectivity index (χ2n) is 5.03. The van der Waals surface area contributed by atoms with Gasteiger partial charge in [-0.05, 0) is 35.1 Å². The van der Waals surface area contributed by atoms with Gasteiger partial charge in [0.05, 0.1) is 0 Å². The molecule has 1 spiro atoms. The number of fused-ring (bicyclic) bond motifs is 5.